The van der Waals surface area contributed by atoms with Crippen molar-refractivity contribution < 1.29 is 0 Å². The molecule has 2 rings (SSSR count). The average Bonchev–Trinajstić information content (AvgIpc) is 2.41. The normalized spacial score (nSPS) is 10.6. The van der Waals surface area contributed by atoms with Crippen molar-refractivity contribution in [1.82, 2.24) is 0 Å². The Hall–Kier alpha value is -0.570. The van der Waals surface area contributed by atoms with E-state index < -0.39 is 0 Å². The predicted molar refractivity (Wildman–Crippen MR) is 83.1 cm³/mol. The Morgan fingerprint density at radius 1 is 1.00 bits per heavy atom. The first-order valence-electron chi connectivity index (χ1n) is 5.70. The van der Waals surface area contributed by atoms with E-state index in [2.05, 4.69) is 55.6 Å². The Kier molecular flexibility index (Phi) is 5.04. The maximum absolute atomic E-state index is 6.00. The van der Waals surface area contributed by atoms with Gasteiger partial charge in [0.05, 0.1) is 0 Å². The fourth-order valence-corrected chi connectivity index (χ4v) is 3.32. The molecule has 0 aliphatic rings. The molecular weight excluding hydrogens is 280 g/mol. The molecule has 0 nitrogen and oxygen atoms in total. The summed E-state index contributed by atoms with van der Waals surface area (Å²) in [6.45, 7) is 2.10. The standard InChI is InChI=1S/C15H15ClS2/c1-11-3-8-15(12(9-11)10-16)18-14-6-4-13(17-2)5-7-14/h3-9H,10H2,1-2H3. The van der Waals surface area contributed by atoms with Gasteiger partial charge >= 0.3 is 0 Å². The van der Waals surface area contributed by atoms with Crippen LogP contribution in [0, 0.1) is 6.92 Å². The summed E-state index contributed by atoms with van der Waals surface area (Å²) in [5.74, 6) is 0.562. The average molecular weight is 295 g/mol. The summed E-state index contributed by atoms with van der Waals surface area (Å²) in [7, 11) is 0. The SMILES string of the molecule is CSc1ccc(Sc2ccc(C)cc2CCl)cc1. The van der Waals surface area contributed by atoms with Gasteiger partial charge in [0.1, 0.15) is 0 Å². The van der Waals surface area contributed by atoms with Crippen LogP contribution in [0.15, 0.2) is 57.2 Å². The lowest BCUT2D eigenvalue weighted by Crippen LogP contribution is -1.85. The molecule has 2 aromatic rings. The molecule has 2 aromatic carbocycles. The van der Waals surface area contributed by atoms with Crippen LogP contribution in [-0.2, 0) is 5.88 Å². The van der Waals surface area contributed by atoms with Gasteiger partial charge in [-0.1, -0.05) is 29.5 Å². The minimum atomic E-state index is 0.562. The van der Waals surface area contributed by atoms with Crippen LogP contribution in [0.25, 0.3) is 0 Å². The van der Waals surface area contributed by atoms with E-state index in [9.17, 15) is 0 Å². The number of halogens is 1. The van der Waals surface area contributed by atoms with E-state index in [0.29, 0.717) is 5.88 Å². The van der Waals surface area contributed by atoms with Crippen LogP contribution in [-0.4, -0.2) is 6.26 Å². The molecule has 94 valence electrons. The van der Waals surface area contributed by atoms with Crippen molar-refractivity contribution in [2.75, 3.05) is 6.26 Å². The van der Waals surface area contributed by atoms with Gasteiger partial charge in [-0.05, 0) is 49.1 Å². The molecule has 0 aliphatic carbocycles. The predicted octanol–water partition coefficient (Wildman–Crippen LogP) is 5.61. The Morgan fingerprint density at radius 2 is 1.67 bits per heavy atom. The van der Waals surface area contributed by atoms with E-state index in [1.807, 2.05) is 0 Å². The molecule has 0 amide bonds. The molecule has 0 spiro atoms. The van der Waals surface area contributed by atoms with Gasteiger partial charge in [-0.2, -0.15) is 0 Å². The number of benzene rings is 2. The first-order chi connectivity index (χ1) is 8.72. The first-order valence-corrected chi connectivity index (χ1v) is 8.28. The molecule has 0 aromatic heterocycles. The van der Waals surface area contributed by atoms with Crippen molar-refractivity contribution in [2.24, 2.45) is 0 Å². The molecular formula is C15H15ClS2. The van der Waals surface area contributed by atoms with E-state index in [0.717, 1.165) is 0 Å². The highest BCUT2D eigenvalue weighted by Crippen LogP contribution is 2.32. The van der Waals surface area contributed by atoms with Gasteiger partial charge in [0.2, 0.25) is 0 Å². The van der Waals surface area contributed by atoms with Crippen LogP contribution in [0.5, 0.6) is 0 Å². The summed E-state index contributed by atoms with van der Waals surface area (Å²) in [6, 6.07) is 15.1. The van der Waals surface area contributed by atoms with Gasteiger partial charge in [0.25, 0.3) is 0 Å². The third-order valence-electron chi connectivity index (χ3n) is 2.65. The summed E-state index contributed by atoms with van der Waals surface area (Å²) in [4.78, 5) is 3.79. The third kappa shape index (κ3) is 3.47. The van der Waals surface area contributed by atoms with Gasteiger partial charge in [0.15, 0.2) is 0 Å². The number of thioether (sulfide) groups is 1. The van der Waals surface area contributed by atoms with Crippen LogP contribution in [0.1, 0.15) is 11.1 Å². The largest absolute Gasteiger partial charge is 0.130 e. The number of alkyl halides is 1. The minimum Gasteiger partial charge on any atom is -0.130 e. The maximum atomic E-state index is 6.00. The summed E-state index contributed by atoms with van der Waals surface area (Å²) in [6.07, 6.45) is 2.09. The lowest BCUT2D eigenvalue weighted by molar-refractivity contribution is 1.22. The molecule has 0 fully saturated rings. The lowest BCUT2D eigenvalue weighted by atomic mass is 10.2. The van der Waals surface area contributed by atoms with Crippen molar-refractivity contribution in [3.8, 4) is 0 Å². The molecule has 0 aliphatic heterocycles. The second-order valence-corrected chi connectivity index (χ2v) is 6.28. The third-order valence-corrected chi connectivity index (χ3v) is 4.80. The van der Waals surface area contributed by atoms with Gasteiger partial charge in [-0.25, -0.2) is 0 Å². The van der Waals surface area contributed by atoms with E-state index in [1.54, 1.807) is 23.5 Å². The molecule has 0 bridgehead atoms. The van der Waals surface area contributed by atoms with Crippen LogP contribution < -0.4 is 0 Å². The van der Waals surface area contributed by atoms with Gasteiger partial charge < -0.3 is 0 Å². The summed E-state index contributed by atoms with van der Waals surface area (Å²) >= 11 is 9.54. The Labute approximate surface area is 122 Å². The number of hydrogen-bond donors (Lipinski definition) is 0. The minimum absolute atomic E-state index is 0.562. The van der Waals surface area contributed by atoms with E-state index >= 15 is 0 Å². The summed E-state index contributed by atoms with van der Waals surface area (Å²) in [5.41, 5.74) is 2.46. The van der Waals surface area contributed by atoms with E-state index in [4.69, 9.17) is 11.6 Å². The van der Waals surface area contributed by atoms with Crippen molar-refractivity contribution in [2.45, 2.75) is 27.5 Å². The number of rotatable bonds is 4. The summed E-state index contributed by atoms with van der Waals surface area (Å²) in [5, 5.41) is 0. The second-order valence-electron chi connectivity index (χ2n) is 4.02. The second kappa shape index (κ2) is 6.55. The molecule has 0 saturated carbocycles. The molecule has 0 saturated heterocycles. The highest BCUT2D eigenvalue weighted by Gasteiger charge is 2.04. The quantitative estimate of drug-likeness (QED) is 0.531. The Morgan fingerprint density at radius 3 is 2.28 bits per heavy atom. The molecule has 18 heavy (non-hydrogen) atoms. The van der Waals surface area contributed by atoms with Crippen molar-refractivity contribution >= 4 is 35.1 Å². The Balaban J connectivity index is 2.22. The van der Waals surface area contributed by atoms with Crippen LogP contribution >= 0.6 is 35.1 Å². The van der Waals surface area contributed by atoms with Crippen LogP contribution in [0.4, 0.5) is 0 Å². The highest BCUT2D eigenvalue weighted by molar-refractivity contribution is 7.99. The first kappa shape index (κ1) is 13.9. The van der Waals surface area contributed by atoms with Crippen LogP contribution in [0.2, 0.25) is 0 Å². The van der Waals surface area contributed by atoms with Gasteiger partial charge in [-0.3, -0.25) is 0 Å². The van der Waals surface area contributed by atoms with E-state index in [-0.39, 0.29) is 0 Å². The molecule has 3 heteroatoms. The molecule has 0 atom stereocenters. The molecule has 0 N–H and O–H groups in total. The van der Waals surface area contributed by atoms with E-state index in [1.165, 1.54) is 25.8 Å². The molecule has 0 radical (unpaired) electrons. The van der Waals surface area contributed by atoms with Gasteiger partial charge in [0, 0.05) is 20.6 Å². The van der Waals surface area contributed by atoms with Gasteiger partial charge in [-0.15, -0.1) is 23.4 Å². The lowest BCUT2D eigenvalue weighted by Gasteiger charge is -2.08. The zero-order chi connectivity index (χ0) is 13.0. The fraction of sp³-hybridized carbons (Fsp3) is 0.200. The van der Waals surface area contributed by atoms with Crippen molar-refractivity contribution in [3.63, 3.8) is 0 Å². The van der Waals surface area contributed by atoms with Crippen molar-refractivity contribution in [1.29, 1.82) is 0 Å². The Bertz CT molecular complexity index is 521. The zero-order valence-corrected chi connectivity index (χ0v) is 12.8. The zero-order valence-electron chi connectivity index (χ0n) is 10.4. The van der Waals surface area contributed by atoms with Crippen LogP contribution in [0.3, 0.4) is 0 Å². The molecule has 0 unspecified atom stereocenters. The maximum Gasteiger partial charge on any atom is 0.0485 e. The smallest absolute Gasteiger partial charge is 0.0485 e. The molecule has 0 heterocycles. The summed E-state index contributed by atoms with van der Waals surface area (Å²) < 4.78 is 0. The van der Waals surface area contributed by atoms with Crippen molar-refractivity contribution in [3.05, 3.63) is 53.6 Å². The topological polar surface area (TPSA) is 0 Å². The number of hydrogen-bond acceptors (Lipinski definition) is 2. The monoisotopic (exact) mass is 294 g/mol. The number of aryl methyl sites for hydroxylation is 1. The fourth-order valence-electron chi connectivity index (χ4n) is 1.68. The highest BCUT2D eigenvalue weighted by atomic mass is 35.5.